The first kappa shape index (κ1) is 8.52. The highest BCUT2D eigenvalue weighted by atomic mass is 15.2. The molecule has 0 aromatic carbocycles. The van der Waals surface area contributed by atoms with Crippen molar-refractivity contribution in [2.24, 2.45) is 17.6 Å². The number of likely N-dealkylation sites (tertiary alicyclic amines) is 1. The van der Waals surface area contributed by atoms with Crippen LogP contribution >= 0.6 is 0 Å². The molecular formula is C10H20N2. The number of fused-ring (bicyclic) bond motifs is 1. The maximum absolute atomic E-state index is 5.92. The van der Waals surface area contributed by atoms with E-state index in [1.54, 1.807) is 0 Å². The predicted octanol–water partition coefficient (Wildman–Crippen LogP) is 1.07. The van der Waals surface area contributed by atoms with Gasteiger partial charge >= 0.3 is 0 Å². The van der Waals surface area contributed by atoms with Crippen LogP contribution in [0.5, 0.6) is 0 Å². The van der Waals surface area contributed by atoms with E-state index in [9.17, 15) is 0 Å². The smallest absolute Gasteiger partial charge is 0.0165 e. The van der Waals surface area contributed by atoms with Gasteiger partial charge in [0.25, 0.3) is 0 Å². The highest BCUT2D eigenvalue weighted by molar-refractivity contribution is 4.92. The Kier molecular flexibility index (Phi) is 2.37. The first-order valence-corrected chi connectivity index (χ1v) is 5.27. The van der Waals surface area contributed by atoms with Gasteiger partial charge in [-0.15, -0.1) is 0 Å². The molecule has 0 amide bonds. The molecule has 1 saturated heterocycles. The van der Waals surface area contributed by atoms with Crippen molar-refractivity contribution in [2.45, 2.75) is 32.2 Å². The normalized spacial score (nSPS) is 37.5. The number of hydrogen-bond acceptors (Lipinski definition) is 2. The molecule has 2 nitrogen and oxygen atoms in total. The molecule has 2 rings (SSSR count). The van der Waals surface area contributed by atoms with E-state index >= 15 is 0 Å². The quantitative estimate of drug-likeness (QED) is 0.683. The van der Waals surface area contributed by atoms with Crippen molar-refractivity contribution in [3.8, 4) is 0 Å². The molecule has 0 radical (unpaired) electrons. The third kappa shape index (κ3) is 1.50. The van der Waals surface area contributed by atoms with E-state index in [0.717, 1.165) is 24.8 Å². The minimum absolute atomic E-state index is 0.405. The SMILES string of the molecule is CC[C@H](N)CN1CC2CCC2C1. The molecule has 1 aliphatic carbocycles. The van der Waals surface area contributed by atoms with Crippen molar-refractivity contribution in [2.75, 3.05) is 19.6 Å². The topological polar surface area (TPSA) is 29.3 Å². The number of nitrogens with zero attached hydrogens (tertiary/aromatic N) is 1. The predicted molar refractivity (Wildman–Crippen MR) is 50.9 cm³/mol. The summed E-state index contributed by atoms with van der Waals surface area (Å²) in [7, 11) is 0. The molecule has 3 atom stereocenters. The second-order valence-electron chi connectivity index (χ2n) is 4.48. The van der Waals surface area contributed by atoms with E-state index in [0.29, 0.717) is 6.04 Å². The molecule has 70 valence electrons. The van der Waals surface area contributed by atoms with Crippen molar-refractivity contribution in [3.63, 3.8) is 0 Å². The summed E-state index contributed by atoms with van der Waals surface area (Å²) in [5.41, 5.74) is 5.92. The standard InChI is InChI=1S/C10H20N2/c1-2-10(11)7-12-5-8-3-4-9(8)6-12/h8-10H,2-7,11H2,1H3/t8?,9?,10-/m0/s1. The molecule has 2 heteroatoms. The minimum Gasteiger partial charge on any atom is -0.327 e. The van der Waals surface area contributed by atoms with Crippen LogP contribution in [0.1, 0.15) is 26.2 Å². The van der Waals surface area contributed by atoms with E-state index in [4.69, 9.17) is 5.73 Å². The van der Waals surface area contributed by atoms with Gasteiger partial charge < -0.3 is 10.6 Å². The van der Waals surface area contributed by atoms with Crippen LogP contribution in [0.4, 0.5) is 0 Å². The zero-order chi connectivity index (χ0) is 8.55. The van der Waals surface area contributed by atoms with Crippen molar-refractivity contribution in [1.29, 1.82) is 0 Å². The van der Waals surface area contributed by atoms with Crippen LogP contribution in [-0.4, -0.2) is 30.6 Å². The average molecular weight is 168 g/mol. The van der Waals surface area contributed by atoms with E-state index in [-0.39, 0.29) is 0 Å². The second kappa shape index (κ2) is 3.35. The molecule has 12 heavy (non-hydrogen) atoms. The molecule has 1 heterocycles. The van der Waals surface area contributed by atoms with Crippen LogP contribution in [0.25, 0.3) is 0 Å². The van der Waals surface area contributed by atoms with E-state index < -0.39 is 0 Å². The third-order valence-corrected chi connectivity index (χ3v) is 3.58. The first-order chi connectivity index (χ1) is 5.79. The molecule has 0 bridgehead atoms. The lowest BCUT2D eigenvalue weighted by atomic mass is 9.77. The van der Waals surface area contributed by atoms with Gasteiger partial charge in [-0.2, -0.15) is 0 Å². The summed E-state index contributed by atoms with van der Waals surface area (Å²) in [4.78, 5) is 2.57. The highest BCUT2D eigenvalue weighted by Gasteiger charge is 2.38. The summed E-state index contributed by atoms with van der Waals surface area (Å²) < 4.78 is 0. The van der Waals surface area contributed by atoms with Crippen molar-refractivity contribution >= 4 is 0 Å². The molecule has 0 aromatic heterocycles. The Balaban J connectivity index is 1.75. The molecule has 2 fully saturated rings. The Morgan fingerprint density at radius 1 is 1.33 bits per heavy atom. The van der Waals surface area contributed by atoms with Crippen LogP contribution in [0.3, 0.4) is 0 Å². The fourth-order valence-electron chi connectivity index (χ4n) is 2.47. The molecule has 2 unspecified atom stereocenters. The maximum atomic E-state index is 5.92. The van der Waals surface area contributed by atoms with Gasteiger partial charge in [0.05, 0.1) is 0 Å². The Bertz CT molecular complexity index is 146. The van der Waals surface area contributed by atoms with E-state index in [1.165, 1.54) is 25.9 Å². The Labute approximate surface area is 75.1 Å². The van der Waals surface area contributed by atoms with Crippen LogP contribution in [-0.2, 0) is 0 Å². The lowest BCUT2D eigenvalue weighted by Gasteiger charge is -2.28. The Morgan fingerprint density at radius 3 is 2.33 bits per heavy atom. The van der Waals surface area contributed by atoms with Gasteiger partial charge in [-0.05, 0) is 31.1 Å². The average Bonchev–Trinajstić information content (AvgIpc) is 2.30. The monoisotopic (exact) mass is 168 g/mol. The summed E-state index contributed by atoms with van der Waals surface area (Å²) >= 11 is 0. The number of hydrogen-bond donors (Lipinski definition) is 1. The Morgan fingerprint density at radius 2 is 1.92 bits per heavy atom. The minimum atomic E-state index is 0.405. The molecule has 1 saturated carbocycles. The summed E-state index contributed by atoms with van der Waals surface area (Å²) in [6.45, 7) is 5.97. The van der Waals surface area contributed by atoms with Gasteiger partial charge in [0.15, 0.2) is 0 Å². The molecule has 0 aromatic rings. The second-order valence-corrected chi connectivity index (χ2v) is 4.48. The zero-order valence-corrected chi connectivity index (χ0v) is 8.00. The van der Waals surface area contributed by atoms with Gasteiger partial charge in [-0.1, -0.05) is 6.92 Å². The van der Waals surface area contributed by atoms with Crippen LogP contribution in [0, 0.1) is 11.8 Å². The lowest BCUT2D eigenvalue weighted by Crippen LogP contribution is -2.35. The fraction of sp³-hybridized carbons (Fsp3) is 1.00. The van der Waals surface area contributed by atoms with Gasteiger partial charge in [0.1, 0.15) is 0 Å². The van der Waals surface area contributed by atoms with Crippen LogP contribution in [0.2, 0.25) is 0 Å². The number of rotatable bonds is 3. The van der Waals surface area contributed by atoms with Gasteiger partial charge in [0, 0.05) is 25.7 Å². The van der Waals surface area contributed by atoms with E-state index in [2.05, 4.69) is 11.8 Å². The fourth-order valence-corrected chi connectivity index (χ4v) is 2.47. The summed E-state index contributed by atoms with van der Waals surface area (Å²) in [6.07, 6.45) is 4.07. The molecule has 2 N–H and O–H groups in total. The van der Waals surface area contributed by atoms with E-state index in [1.807, 2.05) is 0 Å². The largest absolute Gasteiger partial charge is 0.327 e. The molecule has 2 aliphatic rings. The molecule has 0 spiro atoms. The maximum Gasteiger partial charge on any atom is 0.0165 e. The number of nitrogens with two attached hydrogens (primary N) is 1. The summed E-state index contributed by atoms with van der Waals surface area (Å²) in [6, 6.07) is 0.405. The zero-order valence-electron chi connectivity index (χ0n) is 8.00. The third-order valence-electron chi connectivity index (χ3n) is 3.58. The van der Waals surface area contributed by atoms with Crippen molar-refractivity contribution < 1.29 is 0 Å². The van der Waals surface area contributed by atoms with Crippen molar-refractivity contribution in [1.82, 2.24) is 4.90 Å². The van der Waals surface area contributed by atoms with Gasteiger partial charge in [-0.25, -0.2) is 0 Å². The molecular weight excluding hydrogens is 148 g/mol. The van der Waals surface area contributed by atoms with Crippen LogP contribution in [0.15, 0.2) is 0 Å². The summed E-state index contributed by atoms with van der Waals surface area (Å²) in [5.74, 6) is 2.07. The van der Waals surface area contributed by atoms with Crippen LogP contribution < -0.4 is 5.73 Å². The first-order valence-electron chi connectivity index (χ1n) is 5.27. The summed E-state index contributed by atoms with van der Waals surface area (Å²) in [5, 5.41) is 0. The Hall–Kier alpha value is -0.0800. The van der Waals surface area contributed by atoms with Gasteiger partial charge in [0.2, 0.25) is 0 Å². The van der Waals surface area contributed by atoms with Gasteiger partial charge in [-0.3, -0.25) is 0 Å². The molecule has 1 aliphatic heterocycles. The highest BCUT2D eigenvalue weighted by Crippen LogP contribution is 2.40. The lowest BCUT2D eigenvalue weighted by molar-refractivity contribution is 0.243. The van der Waals surface area contributed by atoms with Crippen molar-refractivity contribution in [3.05, 3.63) is 0 Å².